The van der Waals surface area contributed by atoms with Crippen LogP contribution in [0.25, 0.3) is 0 Å². The lowest BCUT2D eigenvalue weighted by molar-refractivity contribution is -0.140. The van der Waals surface area contributed by atoms with Crippen LogP contribution < -0.4 is 0 Å². The average molecular weight is 316 g/mol. The van der Waals surface area contributed by atoms with E-state index < -0.39 is 0 Å². The highest BCUT2D eigenvalue weighted by molar-refractivity contribution is 5.89. The number of nitrogens with zero attached hydrogens (tertiary/aromatic N) is 2. The summed E-state index contributed by atoms with van der Waals surface area (Å²) in [5.74, 6) is 0.0444. The van der Waals surface area contributed by atoms with E-state index in [4.69, 9.17) is 0 Å². The first-order chi connectivity index (χ1) is 11.2. The van der Waals surface area contributed by atoms with E-state index in [-0.39, 0.29) is 17.1 Å². The van der Waals surface area contributed by atoms with Crippen LogP contribution in [-0.4, -0.2) is 47.9 Å². The van der Waals surface area contributed by atoms with Crippen molar-refractivity contribution in [3.63, 3.8) is 0 Å². The molecule has 3 fully saturated rings. The first-order valence-electron chi connectivity index (χ1n) is 8.98. The lowest BCUT2D eigenvalue weighted by atomic mass is 9.63. The molecular weight excluding hydrogens is 291 g/mol. The largest absolute Gasteiger partial charge is 0.340 e. The molecule has 2 saturated heterocycles. The summed E-state index contributed by atoms with van der Waals surface area (Å²) in [7, 11) is 0. The Morgan fingerprint density at radius 2 is 1.74 bits per heavy atom. The van der Waals surface area contributed by atoms with Crippen molar-refractivity contribution in [1.29, 1.82) is 0 Å². The quantitative estimate of drug-likeness (QED) is 0.856. The van der Waals surface area contributed by atoms with Crippen LogP contribution in [0.5, 0.6) is 0 Å². The first kappa shape index (κ1) is 15.1. The van der Waals surface area contributed by atoms with Crippen molar-refractivity contribution >= 4 is 5.91 Å². The van der Waals surface area contributed by atoms with E-state index in [0.29, 0.717) is 6.04 Å². The zero-order chi connectivity index (χ0) is 15.9. The number of amides is 1. The van der Waals surface area contributed by atoms with E-state index in [1.54, 1.807) is 12.1 Å². The van der Waals surface area contributed by atoms with Gasteiger partial charge < -0.3 is 4.90 Å². The van der Waals surface area contributed by atoms with Crippen molar-refractivity contribution in [2.24, 2.45) is 0 Å². The Balaban J connectivity index is 1.50. The molecule has 0 aromatic heterocycles. The van der Waals surface area contributed by atoms with Crippen molar-refractivity contribution in [3.8, 4) is 0 Å². The van der Waals surface area contributed by atoms with Crippen molar-refractivity contribution in [3.05, 3.63) is 35.6 Å². The maximum Gasteiger partial charge on any atom is 0.233 e. The highest BCUT2D eigenvalue weighted by Gasteiger charge is 2.49. The molecule has 1 saturated carbocycles. The summed E-state index contributed by atoms with van der Waals surface area (Å²) in [5, 5.41) is 0. The highest BCUT2D eigenvalue weighted by Crippen LogP contribution is 2.45. The Bertz CT molecular complexity index is 576. The smallest absolute Gasteiger partial charge is 0.233 e. The monoisotopic (exact) mass is 316 g/mol. The van der Waals surface area contributed by atoms with Crippen molar-refractivity contribution in [2.45, 2.75) is 50.0 Å². The fourth-order valence-corrected chi connectivity index (χ4v) is 4.56. The van der Waals surface area contributed by atoms with Gasteiger partial charge in [0.15, 0.2) is 0 Å². The van der Waals surface area contributed by atoms with Gasteiger partial charge in [0, 0.05) is 19.1 Å². The number of halogens is 1. The van der Waals surface area contributed by atoms with E-state index in [0.717, 1.165) is 44.3 Å². The Kier molecular flexibility index (Phi) is 3.88. The molecule has 1 aliphatic carbocycles. The molecule has 0 spiro atoms. The van der Waals surface area contributed by atoms with Crippen LogP contribution in [0.2, 0.25) is 0 Å². The zero-order valence-electron chi connectivity index (χ0n) is 13.6. The number of hydrogen-bond donors (Lipinski definition) is 0. The lowest BCUT2D eigenvalue weighted by Gasteiger charge is -2.43. The van der Waals surface area contributed by atoms with Crippen LogP contribution in [-0.2, 0) is 10.2 Å². The summed E-state index contributed by atoms with van der Waals surface area (Å²) < 4.78 is 13.2. The SMILES string of the molecule is O=C(N1CCC(N2CCCC2)C1)C1(c2ccc(F)cc2)CCC1. The van der Waals surface area contributed by atoms with E-state index in [2.05, 4.69) is 9.80 Å². The standard InChI is InChI=1S/C19H25FN2O/c20-16-6-4-15(5-7-16)19(9-3-10-19)18(23)22-13-8-17(14-22)21-11-1-2-12-21/h4-7,17H,1-3,8-14H2. The van der Waals surface area contributed by atoms with Gasteiger partial charge in [-0.1, -0.05) is 18.6 Å². The lowest BCUT2D eigenvalue weighted by Crippen LogP contribution is -2.51. The summed E-state index contributed by atoms with van der Waals surface area (Å²) in [4.78, 5) is 17.8. The van der Waals surface area contributed by atoms with Crippen LogP contribution in [0.1, 0.15) is 44.1 Å². The minimum Gasteiger partial charge on any atom is -0.340 e. The molecule has 1 amide bonds. The minimum absolute atomic E-state index is 0.231. The Labute approximate surface area is 137 Å². The number of hydrogen-bond acceptors (Lipinski definition) is 2. The van der Waals surface area contributed by atoms with E-state index in [1.165, 1.54) is 38.1 Å². The van der Waals surface area contributed by atoms with Crippen molar-refractivity contribution in [1.82, 2.24) is 9.80 Å². The molecule has 2 aliphatic heterocycles. The summed E-state index contributed by atoms with van der Waals surface area (Å²) in [6, 6.07) is 7.13. The van der Waals surface area contributed by atoms with Crippen LogP contribution in [0, 0.1) is 5.82 Å². The number of carbonyl (C=O) groups excluding carboxylic acids is 1. The third-order valence-electron chi connectivity index (χ3n) is 6.12. The molecule has 124 valence electrons. The maximum atomic E-state index is 13.2. The van der Waals surface area contributed by atoms with Gasteiger partial charge in [-0.15, -0.1) is 0 Å². The Morgan fingerprint density at radius 3 is 2.35 bits per heavy atom. The third-order valence-corrected chi connectivity index (χ3v) is 6.12. The van der Waals surface area contributed by atoms with Gasteiger partial charge in [0.2, 0.25) is 5.91 Å². The van der Waals surface area contributed by atoms with Crippen LogP contribution in [0.15, 0.2) is 24.3 Å². The Hall–Kier alpha value is -1.42. The Morgan fingerprint density at radius 1 is 1.04 bits per heavy atom. The summed E-state index contributed by atoms with van der Waals surface area (Å²) in [5.41, 5.74) is 0.618. The molecule has 3 aliphatic rings. The summed E-state index contributed by atoms with van der Waals surface area (Å²) in [6.07, 6.45) is 6.59. The zero-order valence-corrected chi connectivity index (χ0v) is 13.6. The second-order valence-corrected chi connectivity index (χ2v) is 7.38. The number of rotatable bonds is 3. The molecular formula is C19H25FN2O. The van der Waals surface area contributed by atoms with E-state index >= 15 is 0 Å². The molecule has 1 unspecified atom stereocenters. The van der Waals surface area contributed by atoms with Crippen molar-refractivity contribution in [2.75, 3.05) is 26.2 Å². The first-order valence-corrected chi connectivity index (χ1v) is 8.98. The fraction of sp³-hybridized carbons (Fsp3) is 0.632. The normalized spacial score (nSPS) is 27.2. The molecule has 1 aromatic rings. The van der Waals surface area contributed by atoms with Crippen LogP contribution >= 0.6 is 0 Å². The maximum absolute atomic E-state index is 13.2. The molecule has 0 radical (unpaired) electrons. The second kappa shape index (κ2) is 5.90. The van der Waals surface area contributed by atoms with E-state index in [1.807, 2.05) is 0 Å². The highest BCUT2D eigenvalue weighted by atomic mass is 19.1. The fourth-order valence-electron chi connectivity index (χ4n) is 4.56. The van der Waals surface area contributed by atoms with Gasteiger partial charge in [0.25, 0.3) is 0 Å². The topological polar surface area (TPSA) is 23.6 Å². The molecule has 3 nitrogen and oxygen atoms in total. The van der Waals surface area contributed by atoms with Crippen LogP contribution in [0.3, 0.4) is 0 Å². The van der Waals surface area contributed by atoms with Gasteiger partial charge in [0.1, 0.15) is 5.82 Å². The third kappa shape index (κ3) is 2.57. The number of benzene rings is 1. The van der Waals surface area contributed by atoms with Gasteiger partial charge >= 0.3 is 0 Å². The predicted octanol–water partition coefficient (Wildman–Crippen LogP) is 2.94. The predicted molar refractivity (Wildman–Crippen MR) is 87.7 cm³/mol. The summed E-state index contributed by atoms with van der Waals surface area (Å²) >= 11 is 0. The van der Waals surface area contributed by atoms with Gasteiger partial charge in [-0.2, -0.15) is 0 Å². The molecule has 0 N–H and O–H groups in total. The molecule has 2 heterocycles. The van der Waals surface area contributed by atoms with Crippen LogP contribution in [0.4, 0.5) is 4.39 Å². The second-order valence-electron chi connectivity index (χ2n) is 7.38. The number of carbonyl (C=O) groups is 1. The minimum atomic E-state index is -0.381. The number of likely N-dealkylation sites (tertiary alicyclic amines) is 2. The van der Waals surface area contributed by atoms with Crippen molar-refractivity contribution < 1.29 is 9.18 Å². The summed E-state index contributed by atoms with van der Waals surface area (Å²) in [6.45, 7) is 4.14. The molecule has 1 aromatic carbocycles. The molecule has 23 heavy (non-hydrogen) atoms. The molecule has 4 heteroatoms. The molecule has 0 bridgehead atoms. The molecule has 1 atom stereocenters. The van der Waals surface area contributed by atoms with E-state index in [9.17, 15) is 9.18 Å². The van der Waals surface area contributed by atoms with Gasteiger partial charge in [-0.3, -0.25) is 9.69 Å². The average Bonchev–Trinajstić information content (AvgIpc) is 3.19. The van der Waals surface area contributed by atoms with Gasteiger partial charge in [0.05, 0.1) is 5.41 Å². The molecule has 4 rings (SSSR count). The van der Waals surface area contributed by atoms with Gasteiger partial charge in [-0.05, 0) is 62.9 Å². The van der Waals surface area contributed by atoms with Gasteiger partial charge in [-0.25, -0.2) is 4.39 Å².